The molecule has 8 aliphatic rings. The molecule has 0 amide bonds. The van der Waals surface area contributed by atoms with Crippen LogP contribution in [-0.4, -0.2) is 51.3 Å². The second-order valence-corrected chi connectivity index (χ2v) is 26.3. The Labute approximate surface area is 436 Å². The minimum atomic E-state index is -0.129. The molecule has 0 bridgehead atoms. The van der Waals surface area contributed by atoms with Crippen LogP contribution in [0.5, 0.6) is 0 Å². The standard InChI is InChI=1S/C61H95NO4.C2H7N.C2H6/c1-39(2)41(5)13-12-14-44-19-22-52-49-20-17-45-37-47(25-31-59(45,9)54(49)27-33-58(44,52)8)65-56(63)29-35-62-36-30-57(64)66-48-26-32-60(10)46(38-48)18-21-50-53-24-23-51(61(53,11)34-28-55(50)60)43(7)16-15-42(6)40(3)4;1-3-2;1-2/h12-13,15-18,20,39-44,47-48,50-55,62H,14,19,21-38H2,1-11H3;3H,1-2H3;1-2H3/b13-12+,16-15+;;. The molecule has 0 aromatic heterocycles. The summed E-state index contributed by atoms with van der Waals surface area (Å²) in [6.07, 6.45) is 37.3. The maximum atomic E-state index is 13.1. The Morgan fingerprint density at radius 3 is 1.87 bits per heavy atom. The molecule has 16 atom stereocenters. The van der Waals surface area contributed by atoms with Crippen LogP contribution in [0.15, 0.2) is 59.3 Å². The zero-order valence-electron chi connectivity index (χ0n) is 48.4. The highest BCUT2D eigenvalue weighted by Gasteiger charge is 2.60. The number of carbonyl (C=O) groups excluding carboxylic acids is 2. The van der Waals surface area contributed by atoms with E-state index in [0.29, 0.717) is 78.2 Å². The molecule has 0 aliphatic heterocycles. The molecule has 6 saturated carbocycles. The minimum Gasteiger partial charge on any atom is -0.462 e. The molecular formula is C65H108N2O4. The monoisotopic (exact) mass is 981 g/mol. The first kappa shape index (κ1) is 57.8. The topological polar surface area (TPSA) is 76.7 Å². The zero-order chi connectivity index (χ0) is 51.9. The van der Waals surface area contributed by atoms with Gasteiger partial charge in [0.15, 0.2) is 0 Å². The van der Waals surface area contributed by atoms with Crippen molar-refractivity contribution in [2.45, 2.75) is 218 Å². The number of fused-ring (bicyclic) bond motifs is 10. The van der Waals surface area contributed by atoms with Gasteiger partial charge in [0.1, 0.15) is 12.2 Å². The molecule has 16 unspecified atom stereocenters. The normalized spacial score (nSPS) is 38.3. The van der Waals surface area contributed by atoms with E-state index in [1.807, 2.05) is 27.9 Å². The van der Waals surface area contributed by atoms with Crippen molar-refractivity contribution in [3.05, 3.63) is 59.3 Å². The minimum absolute atomic E-state index is 0.0166. The lowest BCUT2D eigenvalue weighted by atomic mass is 9.47. The van der Waals surface area contributed by atoms with E-state index < -0.39 is 0 Å². The van der Waals surface area contributed by atoms with Gasteiger partial charge in [0.2, 0.25) is 0 Å². The van der Waals surface area contributed by atoms with E-state index in [1.54, 1.807) is 11.1 Å². The zero-order valence-corrected chi connectivity index (χ0v) is 48.4. The number of hydrogen-bond donors (Lipinski definition) is 2. The van der Waals surface area contributed by atoms with Gasteiger partial charge in [-0.15, -0.1) is 0 Å². The Hall–Kier alpha value is -2.44. The number of rotatable bonds is 16. The fraction of sp³-hybridized carbons (Fsp3) is 0.815. The van der Waals surface area contributed by atoms with E-state index in [9.17, 15) is 9.59 Å². The molecule has 402 valence electrons. The quantitative estimate of drug-likeness (QED) is 0.0912. The van der Waals surface area contributed by atoms with Gasteiger partial charge in [-0.1, -0.05) is 149 Å². The second-order valence-electron chi connectivity index (χ2n) is 26.3. The van der Waals surface area contributed by atoms with Crippen molar-refractivity contribution in [3.8, 4) is 0 Å². The highest BCUT2D eigenvalue weighted by atomic mass is 16.5. The number of ether oxygens (including phenoxy) is 2. The average Bonchev–Trinajstić information content (AvgIpc) is 3.87. The Balaban J connectivity index is 0.00000159. The molecule has 8 aliphatic carbocycles. The molecule has 0 aromatic rings. The lowest BCUT2D eigenvalue weighted by Crippen LogP contribution is -2.51. The molecule has 0 radical (unpaired) electrons. The molecule has 0 spiro atoms. The van der Waals surface area contributed by atoms with Gasteiger partial charge in [0.05, 0.1) is 12.8 Å². The van der Waals surface area contributed by atoms with Crippen LogP contribution in [0.3, 0.4) is 0 Å². The van der Waals surface area contributed by atoms with Crippen LogP contribution >= 0.6 is 0 Å². The molecular weight excluding hydrogens is 873 g/mol. The largest absolute Gasteiger partial charge is 0.462 e. The Morgan fingerprint density at radius 2 is 1.24 bits per heavy atom. The van der Waals surface area contributed by atoms with Crippen LogP contribution in [0, 0.1) is 92.7 Å². The summed E-state index contributed by atoms with van der Waals surface area (Å²) < 4.78 is 12.3. The second kappa shape index (κ2) is 24.9. The third-order valence-electron chi connectivity index (χ3n) is 21.8. The Kier molecular flexibility index (Phi) is 20.3. The van der Waals surface area contributed by atoms with Crippen molar-refractivity contribution < 1.29 is 19.1 Å². The Morgan fingerprint density at radius 1 is 0.648 bits per heavy atom. The smallest absolute Gasteiger partial charge is 0.307 e. The number of esters is 2. The molecule has 6 heteroatoms. The van der Waals surface area contributed by atoms with E-state index in [2.05, 4.69) is 129 Å². The summed E-state index contributed by atoms with van der Waals surface area (Å²) >= 11 is 0. The predicted molar refractivity (Wildman–Crippen MR) is 299 cm³/mol. The van der Waals surface area contributed by atoms with Crippen molar-refractivity contribution in [2.75, 3.05) is 27.2 Å². The molecule has 8 rings (SSSR count). The summed E-state index contributed by atoms with van der Waals surface area (Å²) in [5, 5.41) is 6.09. The van der Waals surface area contributed by atoms with Crippen molar-refractivity contribution in [3.63, 3.8) is 0 Å². The number of hydrogen-bond acceptors (Lipinski definition) is 6. The average molecular weight is 982 g/mol. The predicted octanol–water partition coefficient (Wildman–Crippen LogP) is 15.8. The van der Waals surface area contributed by atoms with E-state index in [1.165, 1.54) is 69.8 Å². The van der Waals surface area contributed by atoms with Crippen LogP contribution in [0.2, 0.25) is 0 Å². The van der Waals surface area contributed by atoms with Crippen LogP contribution in [0.4, 0.5) is 0 Å². The van der Waals surface area contributed by atoms with E-state index >= 15 is 0 Å². The summed E-state index contributed by atoms with van der Waals surface area (Å²) in [6, 6.07) is 0. The molecule has 0 saturated heterocycles. The summed E-state index contributed by atoms with van der Waals surface area (Å²) in [4.78, 5) is 26.2. The fourth-order valence-corrected chi connectivity index (χ4v) is 16.6. The van der Waals surface area contributed by atoms with Crippen molar-refractivity contribution >= 4 is 11.9 Å². The highest BCUT2D eigenvalue weighted by molar-refractivity contribution is 5.70. The maximum absolute atomic E-state index is 13.1. The van der Waals surface area contributed by atoms with Gasteiger partial charge in [0.25, 0.3) is 0 Å². The van der Waals surface area contributed by atoms with Gasteiger partial charge in [-0.25, -0.2) is 0 Å². The van der Waals surface area contributed by atoms with E-state index in [-0.39, 0.29) is 35.0 Å². The maximum Gasteiger partial charge on any atom is 0.307 e. The summed E-state index contributed by atoms with van der Waals surface area (Å²) in [5.74, 6) is 8.37. The first-order chi connectivity index (χ1) is 33.8. The van der Waals surface area contributed by atoms with Crippen molar-refractivity contribution in [2.24, 2.45) is 92.7 Å². The molecule has 71 heavy (non-hydrogen) atoms. The van der Waals surface area contributed by atoms with Gasteiger partial charge in [-0.2, -0.15) is 0 Å². The van der Waals surface area contributed by atoms with Crippen molar-refractivity contribution in [1.29, 1.82) is 0 Å². The molecule has 0 heterocycles. The number of allylic oxidation sites excluding steroid dienone is 8. The molecule has 6 fully saturated rings. The lowest BCUT2D eigenvalue weighted by Gasteiger charge is -2.58. The SMILES string of the molecule is CC.CC(C)C(C)/C=C/CC1CCC2C3=CC=C4CC(OC(=O)CCNCCC(=O)OC5CCC6(C)C(=CCC7C6CCC6(C)C(C(C)/C=C/C(C)C(C)C)CCC76)C5)CCC4(C)C3CCC12C.CNC. The van der Waals surface area contributed by atoms with Gasteiger partial charge < -0.3 is 20.1 Å². The van der Waals surface area contributed by atoms with E-state index in [0.717, 1.165) is 68.1 Å². The van der Waals surface area contributed by atoms with Crippen LogP contribution in [0.25, 0.3) is 0 Å². The summed E-state index contributed by atoms with van der Waals surface area (Å²) in [5.41, 5.74) is 6.09. The third kappa shape index (κ3) is 12.5. The van der Waals surface area contributed by atoms with Crippen LogP contribution in [0.1, 0.15) is 206 Å². The lowest BCUT2D eigenvalue weighted by molar-refractivity contribution is -0.151. The van der Waals surface area contributed by atoms with E-state index in [4.69, 9.17) is 9.47 Å². The van der Waals surface area contributed by atoms with Gasteiger partial charge >= 0.3 is 11.9 Å². The van der Waals surface area contributed by atoms with Crippen LogP contribution in [-0.2, 0) is 19.1 Å². The van der Waals surface area contributed by atoms with Gasteiger partial charge in [0, 0.05) is 25.9 Å². The highest BCUT2D eigenvalue weighted by Crippen LogP contribution is 2.68. The third-order valence-corrected chi connectivity index (χ3v) is 21.8. The van der Waals surface area contributed by atoms with Crippen molar-refractivity contribution in [1.82, 2.24) is 10.6 Å². The molecule has 2 N–H and O–H groups in total. The van der Waals surface area contributed by atoms with Gasteiger partial charge in [-0.05, 0) is 197 Å². The Bertz CT molecular complexity index is 1920. The number of carbonyl (C=O) groups is 2. The van der Waals surface area contributed by atoms with Crippen LogP contribution < -0.4 is 10.6 Å². The number of nitrogens with one attached hydrogen (secondary N) is 2. The fourth-order valence-electron chi connectivity index (χ4n) is 16.6. The van der Waals surface area contributed by atoms with Gasteiger partial charge in [-0.3, -0.25) is 9.59 Å². The first-order valence-corrected chi connectivity index (χ1v) is 29.9. The summed E-state index contributed by atoms with van der Waals surface area (Å²) in [6.45, 7) is 31.9. The first-order valence-electron chi connectivity index (χ1n) is 29.9. The summed E-state index contributed by atoms with van der Waals surface area (Å²) in [7, 11) is 3.75. The molecule has 6 nitrogen and oxygen atoms in total. The molecule has 0 aromatic carbocycles.